The Hall–Kier alpha value is -1.39. The van der Waals surface area contributed by atoms with Gasteiger partial charge >= 0.3 is 0 Å². The average molecular weight is 262 g/mol. The first-order valence-corrected chi connectivity index (χ1v) is 6.89. The van der Waals surface area contributed by atoms with E-state index in [4.69, 9.17) is 5.11 Å². The van der Waals surface area contributed by atoms with E-state index in [0.29, 0.717) is 18.9 Å². The Morgan fingerprint density at radius 3 is 2.84 bits per heavy atom. The standard InChI is InChI=1S/C15H22N2O2/c1-11(2)12-5-3-4-6-14(12)17-9-8-16-13(7-10-18)15(17)19/h3-6,11,13,16,18H,7-10H2,1-2H3. The maximum absolute atomic E-state index is 12.4. The molecule has 0 aliphatic carbocycles. The molecule has 2 rings (SSSR count). The summed E-state index contributed by atoms with van der Waals surface area (Å²) in [5, 5.41) is 12.2. The van der Waals surface area contributed by atoms with E-state index in [2.05, 4.69) is 25.2 Å². The number of benzene rings is 1. The zero-order valence-electron chi connectivity index (χ0n) is 11.6. The highest BCUT2D eigenvalue weighted by molar-refractivity contribution is 5.98. The van der Waals surface area contributed by atoms with Crippen molar-refractivity contribution in [1.29, 1.82) is 0 Å². The fourth-order valence-electron chi connectivity index (χ4n) is 2.55. The molecule has 0 saturated carbocycles. The number of piperazine rings is 1. The number of aliphatic hydroxyl groups excluding tert-OH is 1. The molecule has 0 bridgehead atoms. The van der Waals surface area contributed by atoms with Gasteiger partial charge in [0.15, 0.2) is 0 Å². The van der Waals surface area contributed by atoms with E-state index in [1.54, 1.807) is 0 Å². The lowest BCUT2D eigenvalue weighted by Gasteiger charge is -2.34. The van der Waals surface area contributed by atoms with Gasteiger partial charge in [0.25, 0.3) is 0 Å². The summed E-state index contributed by atoms with van der Waals surface area (Å²) in [6.07, 6.45) is 0.471. The fourth-order valence-corrected chi connectivity index (χ4v) is 2.55. The second-order valence-corrected chi connectivity index (χ2v) is 5.22. The first-order valence-electron chi connectivity index (χ1n) is 6.89. The molecule has 4 nitrogen and oxygen atoms in total. The van der Waals surface area contributed by atoms with E-state index in [1.165, 1.54) is 5.56 Å². The molecule has 1 heterocycles. The zero-order valence-corrected chi connectivity index (χ0v) is 11.6. The molecule has 2 N–H and O–H groups in total. The van der Waals surface area contributed by atoms with Crippen molar-refractivity contribution in [3.63, 3.8) is 0 Å². The van der Waals surface area contributed by atoms with E-state index in [0.717, 1.165) is 12.2 Å². The van der Waals surface area contributed by atoms with Crippen molar-refractivity contribution < 1.29 is 9.90 Å². The predicted molar refractivity (Wildman–Crippen MR) is 76.4 cm³/mol. The lowest BCUT2D eigenvalue weighted by atomic mass is 9.99. The zero-order chi connectivity index (χ0) is 13.8. The molecule has 19 heavy (non-hydrogen) atoms. The van der Waals surface area contributed by atoms with Gasteiger partial charge in [0, 0.05) is 25.4 Å². The largest absolute Gasteiger partial charge is 0.396 e. The first-order chi connectivity index (χ1) is 9.15. The van der Waals surface area contributed by atoms with Gasteiger partial charge < -0.3 is 15.3 Å². The summed E-state index contributed by atoms with van der Waals surface area (Å²) in [6.45, 7) is 5.75. The summed E-state index contributed by atoms with van der Waals surface area (Å²) >= 11 is 0. The number of carbonyl (C=O) groups excluding carboxylic acids is 1. The highest BCUT2D eigenvalue weighted by atomic mass is 16.3. The number of rotatable bonds is 4. The molecule has 0 radical (unpaired) electrons. The number of anilines is 1. The van der Waals surface area contributed by atoms with Gasteiger partial charge in [-0.2, -0.15) is 0 Å². The van der Waals surface area contributed by atoms with Gasteiger partial charge in [0.1, 0.15) is 0 Å². The van der Waals surface area contributed by atoms with Crippen LogP contribution in [0, 0.1) is 0 Å². The van der Waals surface area contributed by atoms with Gasteiger partial charge in [0.2, 0.25) is 5.91 Å². The minimum Gasteiger partial charge on any atom is -0.396 e. The summed E-state index contributed by atoms with van der Waals surface area (Å²) in [5.74, 6) is 0.448. The minimum atomic E-state index is -0.265. The molecule has 1 aliphatic heterocycles. The van der Waals surface area contributed by atoms with Crippen LogP contribution >= 0.6 is 0 Å². The molecule has 1 amide bonds. The molecular formula is C15H22N2O2. The van der Waals surface area contributed by atoms with Gasteiger partial charge in [-0.3, -0.25) is 4.79 Å². The van der Waals surface area contributed by atoms with Crippen LogP contribution in [0.5, 0.6) is 0 Å². The van der Waals surface area contributed by atoms with Crippen molar-refractivity contribution in [2.45, 2.75) is 32.2 Å². The molecule has 104 valence electrons. The molecule has 1 aliphatic rings. The van der Waals surface area contributed by atoms with Gasteiger partial charge in [-0.05, 0) is 24.0 Å². The third-order valence-corrected chi connectivity index (χ3v) is 3.56. The summed E-state index contributed by atoms with van der Waals surface area (Å²) in [5.41, 5.74) is 2.20. The third kappa shape index (κ3) is 2.96. The van der Waals surface area contributed by atoms with Crippen molar-refractivity contribution in [3.05, 3.63) is 29.8 Å². The third-order valence-electron chi connectivity index (χ3n) is 3.56. The van der Waals surface area contributed by atoms with E-state index in [9.17, 15) is 4.79 Å². The Bertz CT molecular complexity index is 444. The first kappa shape index (κ1) is 14.0. The number of hydrogen-bond acceptors (Lipinski definition) is 3. The van der Waals surface area contributed by atoms with Crippen molar-refractivity contribution in [2.24, 2.45) is 0 Å². The van der Waals surface area contributed by atoms with Gasteiger partial charge in [0.05, 0.1) is 6.04 Å². The number of aliphatic hydroxyl groups is 1. The van der Waals surface area contributed by atoms with Crippen molar-refractivity contribution in [2.75, 3.05) is 24.6 Å². The topological polar surface area (TPSA) is 52.6 Å². The van der Waals surface area contributed by atoms with Crippen molar-refractivity contribution in [1.82, 2.24) is 5.32 Å². The second-order valence-electron chi connectivity index (χ2n) is 5.22. The number of nitrogens with zero attached hydrogens (tertiary/aromatic N) is 1. The highest BCUT2D eigenvalue weighted by Gasteiger charge is 2.29. The van der Waals surface area contributed by atoms with Crippen LogP contribution in [0.25, 0.3) is 0 Å². The summed E-state index contributed by atoms with van der Waals surface area (Å²) in [7, 11) is 0. The summed E-state index contributed by atoms with van der Waals surface area (Å²) < 4.78 is 0. The van der Waals surface area contributed by atoms with E-state index in [-0.39, 0.29) is 18.6 Å². The maximum Gasteiger partial charge on any atom is 0.244 e. The number of hydrogen-bond donors (Lipinski definition) is 2. The van der Waals surface area contributed by atoms with Crippen LogP contribution in [-0.2, 0) is 4.79 Å². The molecule has 1 saturated heterocycles. The predicted octanol–water partition coefficient (Wildman–Crippen LogP) is 1.50. The van der Waals surface area contributed by atoms with Crippen LogP contribution in [0.3, 0.4) is 0 Å². The molecule has 1 aromatic rings. The molecule has 1 unspecified atom stereocenters. The number of amides is 1. The van der Waals surface area contributed by atoms with Crippen molar-refractivity contribution in [3.8, 4) is 0 Å². The normalized spacial score (nSPS) is 20.1. The lowest BCUT2D eigenvalue weighted by molar-refractivity contribution is -0.122. The van der Waals surface area contributed by atoms with Crippen molar-refractivity contribution >= 4 is 11.6 Å². The Morgan fingerprint density at radius 2 is 2.16 bits per heavy atom. The molecular weight excluding hydrogens is 240 g/mol. The molecule has 0 spiro atoms. The Balaban J connectivity index is 2.28. The number of carbonyl (C=O) groups is 1. The fraction of sp³-hybridized carbons (Fsp3) is 0.533. The van der Waals surface area contributed by atoms with Gasteiger partial charge in [-0.1, -0.05) is 32.0 Å². The number of para-hydroxylation sites is 1. The van der Waals surface area contributed by atoms with Crippen LogP contribution in [0.2, 0.25) is 0 Å². The van der Waals surface area contributed by atoms with E-state index < -0.39 is 0 Å². The molecule has 4 heteroatoms. The average Bonchev–Trinajstić information content (AvgIpc) is 2.41. The van der Waals surface area contributed by atoms with Crippen LogP contribution in [0.1, 0.15) is 31.7 Å². The Morgan fingerprint density at radius 1 is 1.42 bits per heavy atom. The quantitative estimate of drug-likeness (QED) is 0.864. The van der Waals surface area contributed by atoms with Gasteiger partial charge in [-0.25, -0.2) is 0 Å². The van der Waals surface area contributed by atoms with E-state index >= 15 is 0 Å². The van der Waals surface area contributed by atoms with Crippen LogP contribution in [-0.4, -0.2) is 36.8 Å². The minimum absolute atomic E-state index is 0.0308. The second kappa shape index (κ2) is 6.17. The molecule has 1 fully saturated rings. The van der Waals surface area contributed by atoms with Gasteiger partial charge in [-0.15, -0.1) is 0 Å². The van der Waals surface area contributed by atoms with Crippen LogP contribution in [0.15, 0.2) is 24.3 Å². The van der Waals surface area contributed by atoms with E-state index in [1.807, 2.05) is 23.1 Å². The Labute approximate surface area is 114 Å². The molecule has 1 atom stereocenters. The monoisotopic (exact) mass is 262 g/mol. The Kier molecular flexibility index (Phi) is 4.56. The lowest BCUT2D eigenvalue weighted by Crippen LogP contribution is -2.55. The number of nitrogens with one attached hydrogen (secondary N) is 1. The smallest absolute Gasteiger partial charge is 0.244 e. The van der Waals surface area contributed by atoms with Crippen LogP contribution in [0.4, 0.5) is 5.69 Å². The van der Waals surface area contributed by atoms with Crippen LogP contribution < -0.4 is 10.2 Å². The maximum atomic E-state index is 12.4. The summed E-state index contributed by atoms with van der Waals surface area (Å²) in [6, 6.07) is 7.80. The SMILES string of the molecule is CC(C)c1ccccc1N1CCNC(CCO)C1=O. The molecule has 1 aromatic carbocycles. The highest BCUT2D eigenvalue weighted by Crippen LogP contribution is 2.28. The summed E-state index contributed by atoms with van der Waals surface area (Å²) in [4.78, 5) is 14.3. The molecule has 0 aromatic heterocycles.